The van der Waals surface area contributed by atoms with Gasteiger partial charge in [-0.25, -0.2) is 0 Å². The molecule has 0 spiro atoms. The molecule has 0 N–H and O–H groups in total. The molecule has 50 valence electrons. The molecule has 0 aliphatic rings. The molecule has 9 heavy (non-hydrogen) atoms. The van der Waals surface area contributed by atoms with Crippen molar-refractivity contribution < 1.29 is 57.5 Å². The maximum absolute atomic E-state index is 5.03. The minimum absolute atomic E-state index is 0. The van der Waals surface area contributed by atoms with Crippen molar-refractivity contribution >= 4 is 29.2 Å². The van der Waals surface area contributed by atoms with Crippen LogP contribution in [0.25, 0.3) is 0 Å². The molecular formula is C5H11KOS2. The Balaban J connectivity index is -0.000000245. The van der Waals surface area contributed by atoms with Gasteiger partial charge < -0.3 is 6.16 Å². The molecular weight excluding hydrogens is 179 g/mol. The van der Waals surface area contributed by atoms with Gasteiger partial charge in [0.25, 0.3) is 0 Å². The van der Waals surface area contributed by atoms with Crippen molar-refractivity contribution in [1.29, 1.82) is 0 Å². The van der Waals surface area contributed by atoms with E-state index in [0.29, 0.717) is 4.38 Å². The topological polar surface area (TPSA) is 9.23 Å². The number of hydrogen-bond acceptors (Lipinski definition) is 2. The summed E-state index contributed by atoms with van der Waals surface area (Å²) in [5.74, 6) is 0. The SMILES string of the molecule is CC(C)(C)OC(=S)S.[H-].[K+]. The summed E-state index contributed by atoms with van der Waals surface area (Å²) in [6.45, 7) is 5.78. The minimum Gasteiger partial charge on any atom is -1.00 e. The molecule has 0 aromatic carbocycles. The molecule has 0 rings (SSSR count). The van der Waals surface area contributed by atoms with E-state index in [-0.39, 0.29) is 58.4 Å². The van der Waals surface area contributed by atoms with Crippen molar-refractivity contribution in [2.24, 2.45) is 0 Å². The summed E-state index contributed by atoms with van der Waals surface area (Å²) >= 11 is 8.39. The molecule has 0 aliphatic carbocycles. The van der Waals surface area contributed by atoms with Crippen LogP contribution < -0.4 is 51.4 Å². The Kier molecular flexibility index (Phi) is 8.25. The number of ether oxygens (including phenoxy) is 1. The predicted octanol–water partition coefficient (Wildman–Crippen LogP) is -0.867. The first-order chi connectivity index (χ1) is 3.42. The van der Waals surface area contributed by atoms with E-state index in [4.69, 9.17) is 4.74 Å². The Morgan fingerprint density at radius 2 is 1.89 bits per heavy atom. The van der Waals surface area contributed by atoms with E-state index in [1.165, 1.54) is 0 Å². The van der Waals surface area contributed by atoms with Crippen LogP contribution in [0.2, 0.25) is 0 Å². The fourth-order valence-corrected chi connectivity index (χ4v) is 0.786. The number of hydrogen-bond donors (Lipinski definition) is 1. The zero-order chi connectivity index (χ0) is 6.78. The van der Waals surface area contributed by atoms with Crippen LogP contribution >= 0.6 is 24.8 Å². The van der Waals surface area contributed by atoms with Crippen LogP contribution in [0, 0.1) is 0 Å². The third-order valence-electron chi connectivity index (χ3n) is 0.393. The number of thiol groups is 1. The average molecular weight is 190 g/mol. The largest absolute Gasteiger partial charge is 1.00 e. The van der Waals surface area contributed by atoms with Crippen LogP contribution in [0.4, 0.5) is 0 Å². The second-order valence-electron chi connectivity index (χ2n) is 2.48. The van der Waals surface area contributed by atoms with Gasteiger partial charge >= 0.3 is 51.4 Å². The Bertz CT molecular complexity index is 102. The number of rotatable bonds is 0. The molecule has 0 amide bonds. The first-order valence-electron chi connectivity index (χ1n) is 2.34. The fraction of sp³-hybridized carbons (Fsp3) is 0.800. The zero-order valence-electron chi connectivity index (χ0n) is 7.26. The standard InChI is InChI=1S/C5H10OS2.K.H/c1-5(2,3)6-4(7)8;;/h1-3H3,(H,7,8);;/q;+1;-1. The van der Waals surface area contributed by atoms with Gasteiger partial charge in [-0.3, -0.25) is 0 Å². The molecule has 0 bridgehead atoms. The normalized spacial score (nSPS) is 9.78. The first kappa shape index (κ1) is 13.5. The zero-order valence-corrected chi connectivity index (χ0v) is 11.1. The number of thiocarbonyl (C=S) groups is 1. The van der Waals surface area contributed by atoms with Crippen molar-refractivity contribution in [1.82, 2.24) is 0 Å². The van der Waals surface area contributed by atoms with Gasteiger partial charge in [0.2, 0.25) is 4.38 Å². The molecule has 0 fully saturated rings. The van der Waals surface area contributed by atoms with Crippen LogP contribution in [-0.2, 0) is 4.74 Å². The molecule has 0 saturated heterocycles. The van der Waals surface area contributed by atoms with Gasteiger partial charge in [0.1, 0.15) is 5.60 Å². The van der Waals surface area contributed by atoms with E-state index >= 15 is 0 Å². The summed E-state index contributed by atoms with van der Waals surface area (Å²) in [6.07, 6.45) is 0. The minimum atomic E-state index is -0.196. The molecule has 0 saturated carbocycles. The molecule has 0 heterocycles. The van der Waals surface area contributed by atoms with Gasteiger partial charge in [-0.15, -0.1) is 0 Å². The van der Waals surface area contributed by atoms with Crippen LogP contribution in [-0.4, -0.2) is 9.98 Å². The first-order valence-corrected chi connectivity index (χ1v) is 3.19. The van der Waals surface area contributed by atoms with Crippen molar-refractivity contribution in [3.63, 3.8) is 0 Å². The average Bonchev–Trinajstić information content (AvgIpc) is 1.21. The van der Waals surface area contributed by atoms with Gasteiger partial charge in [0.05, 0.1) is 0 Å². The maximum Gasteiger partial charge on any atom is 1.00 e. The fourth-order valence-electron chi connectivity index (χ4n) is 0.262. The van der Waals surface area contributed by atoms with Gasteiger partial charge in [-0.2, -0.15) is 0 Å². The van der Waals surface area contributed by atoms with E-state index in [0.717, 1.165) is 0 Å². The molecule has 0 aromatic heterocycles. The molecule has 1 nitrogen and oxygen atoms in total. The van der Waals surface area contributed by atoms with Crippen molar-refractivity contribution in [2.45, 2.75) is 26.4 Å². The Hall–Kier alpha value is 1.88. The second kappa shape index (κ2) is 5.52. The molecule has 0 aromatic rings. The van der Waals surface area contributed by atoms with Crippen molar-refractivity contribution in [3.8, 4) is 0 Å². The van der Waals surface area contributed by atoms with Crippen LogP contribution in [0.3, 0.4) is 0 Å². The van der Waals surface area contributed by atoms with Gasteiger partial charge in [-0.1, -0.05) is 12.6 Å². The Morgan fingerprint density at radius 3 is 1.89 bits per heavy atom. The summed E-state index contributed by atoms with van der Waals surface area (Å²) in [5, 5.41) is 0. The van der Waals surface area contributed by atoms with E-state index < -0.39 is 0 Å². The Morgan fingerprint density at radius 1 is 1.56 bits per heavy atom. The summed E-state index contributed by atoms with van der Waals surface area (Å²) in [7, 11) is 0. The Labute approximate surface area is 111 Å². The third-order valence-corrected chi connectivity index (χ3v) is 0.568. The van der Waals surface area contributed by atoms with E-state index in [9.17, 15) is 0 Å². The predicted molar refractivity (Wildman–Crippen MR) is 43.5 cm³/mol. The maximum atomic E-state index is 5.03. The van der Waals surface area contributed by atoms with Crippen LogP contribution in [0.5, 0.6) is 0 Å². The van der Waals surface area contributed by atoms with E-state index in [1.807, 2.05) is 20.8 Å². The molecule has 0 unspecified atom stereocenters. The molecule has 0 atom stereocenters. The van der Waals surface area contributed by atoms with Gasteiger partial charge in [0, 0.05) is 0 Å². The van der Waals surface area contributed by atoms with Gasteiger partial charge in [0.15, 0.2) is 0 Å². The molecule has 4 heteroatoms. The summed E-state index contributed by atoms with van der Waals surface area (Å²) in [4.78, 5) is 0. The molecule has 0 radical (unpaired) electrons. The van der Waals surface area contributed by atoms with Gasteiger partial charge in [-0.05, 0) is 33.0 Å². The van der Waals surface area contributed by atoms with Crippen molar-refractivity contribution in [3.05, 3.63) is 0 Å². The molecule has 0 aliphatic heterocycles. The van der Waals surface area contributed by atoms with Crippen LogP contribution in [0.15, 0.2) is 0 Å². The van der Waals surface area contributed by atoms with Crippen LogP contribution in [0.1, 0.15) is 22.2 Å². The summed E-state index contributed by atoms with van der Waals surface area (Å²) in [6, 6.07) is 0. The monoisotopic (exact) mass is 190 g/mol. The quantitative estimate of drug-likeness (QED) is 0.302. The third kappa shape index (κ3) is 13.0. The second-order valence-corrected chi connectivity index (χ2v) is 3.56. The van der Waals surface area contributed by atoms with Crippen molar-refractivity contribution in [2.75, 3.05) is 0 Å². The summed E-state index contributed by atoms with van der Waals surface area (Å²) < 4.78 is 5.34. The summed E-state index contributed by atoms with van der Waals surface area (Å²) in [5.41, 5.74) is -0.196. The van der Waals surface area contributed by atoms with E-state index in [1.54, 1.807) is 0 Å². The smallest absolute Gasteiger partial charge is 1.00 e. The van der Waals surface area contributed by atoms with E-state index in [2.05, 4.69) is 24.8 Å².